The van der Waals surface area contributed by atoms with Crippen molar-refractivity contribution in [1.82, 2.24) is 0 Å². The van der Waals surface area contributed by atoms with Crippen molar-refractivity contribution in [3.05, 3.63) is 23.7 Å². The topological polar surface area (TPSA) is 59.4 Å². The first-order valence-electron chi connectivity index (χ1n) is 5.76. The van der Waals surface area contributed by atoms with Gasteiger partial charge in [0.25, 0.3) is 0 Å². The van der Waals surface area contributed by atoms with Gasteiger partial charge in [0.1, 0.15) is 18.1 Å². The molecule has 1 saturated carbocycles. The van der Waals surface area contributed by atoms with Crippen LogP contribution in [-0.2, 0) is 6.61 Å². The summed E-state index contributed by atoms with van der Waals surface area (Å²) in [6.45, 7) is -0.0443. The molecular weight excluding hydrogens is 190 g/mol. The van der Waals surface area contributed by atoms with Crippen LogP contribution in [0, 0.1) is 5.92 Å². The molecule has 0 aliphatic heterocycles. The highest BCUT2D eigenvalue weighted by molar-refractivity contribution is 5.11. The lowest BCUT2D eigenvalue weighted by Crippen LogP contribution is -2.23. The van der Waals surface area contributed by atoms with Crippen LogP contribution < -0.4 is 5.73 Å². The van der Waals surface area contributed by atoms with E-state index in [0.29, 0.717) is 11.7 Å². The van der Waals surface area contributed by atoms with Crippen LogP contribution in [0.15, 0.2) is 16.5 Å². The van der Waals surface area contributed by atoms with E-state index in [9.17, 15) is 0 Å². The van der Waals surface area contributed by atoms with Crippen molar-refractivity contribution in [1.29, 1.82) is 0 Å². The maximum atomic E-state index is 8.91. The minimum absolute atomic E-state index is 0.00519. The first-order chi connectivity index (χ1) is 7.31. The number of rotatable bonds is 3. The Labute approximate surface area is 90.3 Å². The SMILES string of the molecule is N[C@H](c1ccc(CO)o1)C1CCCCC1. The Morgan fingerprint density at radius 1 is 1.33 bits per heavy atom. The molecule has 1 aromatic rings. The molecule has 1 atom stereocenters. The van der Waals surface area contributed by atoms with Crippen LogP contribution in [-0.4, -0.2) is 5.11 Å². The van der Waals surface area contributed by atoms with Crippen LogP contribution in [0.2, 0.25) is 0 Å². The van der Waals surface area contributed by atoms with Crippen LogP contribution in [0.3, 0.4) is 0 Å². The third kappa shape index (κ3) is 2.41. The van der Waals surface area contributed by atoms with Crippen molar-refractivity contribution in [3.63, 3.8) is 0 Å². The van der Waals surface area contributed by atoms with E-state index in [-0.39, 0.29) is 12.6 Å². The molecule has 1 aromatic heterocycles. The van der Waals surface area contributed by atoms with Gasteiger partial charge in [0.05, 0.1) is 6.04 Å². The maximum absolute atomic E-state index is 8.91. The van der Waals surface area contributed by atoms with Crippen molar-refractivity contribution < 1.29 is 9.52 Å². The predicted octanol–water partition coefficient (Wildman–Crippen LogP) is 2.35. The third-order valence-electron chi connectivity index (χ3n) is 3.32. The van der Waals surface area contributed by atoms with Crippen molar-refractivity contribution in [2.45, 2.75) is 44.8 Å². The molecule has 1 aliphatic rings. The Morgan fingerprint density at radius 3 is 2.67 bits per heavy atom. The fourth-order valence-electron chi connectivity index (χ4n) is 2.38. The molecule has 84 valence electrons. The predicted molar refractivity (Wildman–Crippen MR) is 58.1 cm³/mol. The largest absolute Gasteiger partial charge is 0.462 e. The zero-order valence-corrected chi connectivity index (χ0v) is 8.98. The molecule has 1 fully saturated rings. The van der Waals surface area contributed by atoms with Crippen molar-refractivity contribution in [3.8, 4) is 0 Å². The summed E-state index contributed by atoms with van der Waals surface area (Å²) >= 11 is 0. The van der Waals surface area contributed by atoms with E-state index >= 15 is 0 Å². The highest BCUT2D eigenvalue weighted by atomic mass is 16.4. The Morgan fingerprint density at radius 2 is 2.07 bits per heavy atom. The van der Waals surface area contributed by atoms with Crippen LogP contribution in [0.1, 0.15) is 49.7 Å². The number of nitrogens with two attached hydrogens (primary N) is 1. The summed E-state index contributed by atoms with van der Waals surface area (Å²) in [5, 5.41) is 8.91. The average Bonchev–Trinajstić information content (AvgIpc) is 2.78. The first kappa shape index (κ1) is 10.7. The van der Waals surface area contributed by atoms with Gasteiger partial charge in [-0.05, 0) is 30.9 Å². The second-order valence-electron chi connectivity index (χ2n) is 4.39. The lowest BCUT2D eigenvalue weighted by Gasteiger charge is -2.26. The summed E-state index contributed by atoms with van der Waals surface area (Å²) in [6, 6.07) is 3.70. The Kier molecular flexibility index (Phi) is 3.44. The van der Waals surface area contributed by atoms with Gasteiger partial charge in [-0.1, -0.05) is 19.3 Å². The van der Waals surface area contributed by atoms with Crippen LogP contribution >= 0.6 is 0 Å². The van der Waals surface area contributed by atoms with Crippen LogP contribution in [0.4, 0.5) is 0 Å². The number of furan rings is 1. The molecule has 0 aromatic carbocycles. The first-order valence-corrected chi connectivity index (χ1v) is 5.76. The van der Waals surface area contributed by atoms with E-state index in [0.717, 1.165) is 5.76 Å². The molecular formula is C12H19NO2. The Balaban J connectivity index is 2.02. The second kappa shape index (κ2) is 4.81. The molecule has 0 bridgehead atoms. The number of aliphatic hydroxyl groups excluding tert-OH is 1. The van der Waals surface area contributed by atoms with Crippen molar-refractivity contribution in [2.75, 3.05) is 0 Å². The minimum atomic E-state index is -0.0443. The summed E-state index contributed by atoms with van der Waals surface area (Å²) in [5.74, 6) is 1.98. The monoisotopic (exact) mass is 209 g/mol. The van der Waals surface area contributed by atoms with Crippen molar-refractivity contribution in [2.24, 2.45) is 11.7 Å². The standard InChI is InChI=1S/C12H19NO2/c13-12(9-4-2-1-3-5-9)11-7-6-10(8-14)15-11/h6-7,9,12,14H,1-5,8,13H2/t12-/m0/s1. The van der Waals surface area contributed by atoms with Gasteiger partial charge >= 0.3 is 0 Å². The second-order valence-corrected chi connectivity index (χ2v) is 4.39. The zero-order chi connectivity index (χ0) is 10.7. The molecule has 0 saturated heterocycles. The summed E-state index contributed by atoms with van der Waals surface area (Å²) in [5.41, 5.74) is 6.16. The van der Waals surface area contributed by atoms with E-state index in [1.54, 1.807) is 6.07 Å². The van der Waals surface area contributed by atoms with Crippen LogP contribution in [0.5, 0.6) is 0 Å². The molecule has 3 heteroatoms. The lowest BCUT2D eigenvalue weighted by atomic mass is 9.83. The lowest BCUT2D eigenvalue weighted by molar-refractivity contribution is 0.229. The van der Waals surface area contributed by atoms with Gasteiger partial charge in [-0.3, -0.25) is 0 Å². The Hall–Kier alpha value is -0.800. The molecule has 15 heavy (non-hydrogen) atoms. The van der Waals surface area contributed by atoms with Gasteiger partial charge in [0.2, 0.25) is 0 Å². The summed E-state index contributed by atoms with van der Waals surface area (Å²) in [4.78, 5) is 0. The van der Waals surface area contributed by atoms with E-state index in [1.165, 1.54) is 32.1 Å². The van der Waals surface area contributed by atoms with Gasteiger partial charge in [-0.15, -0.1) is 0 Å². The van der Waals surface area contributed by atoms with Crippen LogP contribution in [0.25, 0.3) is 0 Å². The van der Waals surface area contributed by atoms with Gasteiger partial charge in [-0.2, -0.15) is 0 Å². The molecule has 2 rings (SSSR count). The molecule has 1 aliphatic carbocycles. The Bertz CT molecular complexity index is 302. The zero-order valence-electron chi connectivity index (χ0n) is 8.98. The number of aliphatic hydroxyl groups is 1. The molecule has 0 spiro atoms. The number of hydrogen-bond donors (Lipinski definition) is 2. The summed E-state index contributed by atoms with van der Waals surface area (Å²) in [6.07, 6.45) is 6.31. The fourth-order valence-corrected chi connectivity index (χ4v) is 2.38. The fraction of sp³-hybridized carbons (Fsp3) is 0.667. The summed E-state index contributed by atoms with van der Waals surface area (Å²) in [7, 11) is 0. The average molecular weight is 209 g/mol. The van der Waals surface area contributed by atoms with Gasteiger partial charge in [0, 0.05) is 0 Å². The molecule has 0 unspecified atom stereocenters. The van der Waals surface area contributed by atoms with E-state index < -0.39 is 0 Å². The molecule has 3 nitrogen and oxygen atoms in total. The van der Waals surface area contributed by atoms with E-state index in [2.05, 4.69) is 0 Å². The van der Waals surface area contributed by atoms with Gasteiger partial charge in [0.15, 0.2) is 0 Å². The smallest absolute Gasteiger partial charge is 0.129 e. The van der Waals surface area contributed by atoms with E-state index in [4.69, 9.17) is 15.3 Å². The third-order valence-corrected chi connectivity index (χ3v) is 3.32. The number of hydrogen-bond acceptors (Lipinski definition) is 3. The van der Waals surface area contributed by atoms with Gasteiger partial charge < -0.3 is 15.3 Å². The summed E-state index contributed by atoms with van der Waals surface area (Å²) < 4.78 is 5.47. The van der Waals surface area contributed by atoms with E-state index in [1.807, 2.05) is 6.07 Å². The normalized spacial score (nSPS) is 20.4. The van der Waals surface area contributed by atoms with Crippen molar-refractivity contribution >= 4 is 0 Å². The highest BCUT2D eigenvalue weighted by Gasteiger charge is 2.23. The minimum Gasteiger partial charge on any atom is -0.462 e. The molecule has 0 radical (unpaired) electrons. The molecule has 3 N–H and O–H groups in total. The maximum Gasteiger partial charge on any atom is 0.129 e. The molecule has 1 heterocycles. The quantitative estimate of drug-likeness (QED) is 0.803. The highest BCUT2D eigenvalue weighted by Crippen LogP contribution is 2.33. The molecule has 0 amide bonds. The van der Waals surface area contributed by atoms with Gasteiger partial charge in [-0.25, -0.2) is 0 Å².